The van der Waals surface area contributed by atoms with E-state index in [9.17, 15) is 9.59 Å². The van der Waals surface area contributed by atoms with E-state index in [-0.39, 0.29) is 5.91 Å². The van der Waals surface area contributed by atoms with Gasteiger partial charge in [0, 0.05) is 24.7 Å². The van der Waals surface area contributed by atoms with Gasteiger partial charge in [0.15, 0.2) is 11.2 Å². The zero-order chi connectivity index (χ0) is 22.4. The number of nitrogens with zero attached hydrogens (tertiary/aromatic N) is 2. The van der Waals surface area contributed by atoms with Crippen molar-refractivity contribution >= 4 is 39.0 Å². The van der Waals surface area contributed by atoms with Crippen LogP contribution in [0.5, 0.6) is 5.75 Å². The molecule has 2 atom stereocenters. The third-order valence-corrected chi connectivity index (χ3v) is 6.85. The molecule has 4 aromatic rings. The lowest BCUT2D eigenvalue weighted by atomic mass is 9.93. The number of carbonyl (C=O) groups excluding carboxylic acids is 1. The average molecular weight is 448 g/mol. The summed E-state index contributed by atoms with van der Waals surface area (Å²) in [7, 11) is 3.81. The van der Waals surface area contributed by atoms with Crippen LogP contribution < -0.4 is 20.6 Å². The summed E-state index contributed by atoms with van der Waals surface area (Å²) in [5.41, 5.74) is 1.69. The number of fused-ring (bicyclic) bond motifs is 3. The Morgan fingerprint density at radius 3 is 2.53 bits per heavy atom. The monoisotopic (exact) mass is 447 g/mol. The fourth-order valence-corrected chi connectivity index (χ4v) is 5.08. The molecule has 0 aliphatic carbocycles. The molecule has 5 rings (SSSR count). The summed E-state index contributed by atoms with van der Waals surface area (Å²) < 4.78 is 11.8. The van der Waals surface area contributed by atoms with Gasteiger partial charge in [-0.1, -0.05) is 30.3 Å². The number of benzene rings is 2. The van der Waals surface area contributed by atoms with Crippen LogP contribution in [0.2, 0.25) is 0 Å². The lowest BCUT2D eigenvalue weighted by Crippen LogP contribution is -2.35. The molecule has 0 saturated heterocycles. The summed E-state index contributed by atoms with van der Waals surface area (Å²) >= 11 is 1.44. The van der Waals surface area contributed by atoms with Crippen LogP contribution in [-0.4, -0.2) is 31.1 Å². The van der Waals surface area contributed by atoms with Gasteiger partial charge in [-0.2, -0.15) is 0 Å². The minimum absolute atomic E-state index is 0.333. The van der Waals surface area contributed by atoms with Crippen molar-refractivity contribution in [1.29, 1.82) is 0 Å². The summed E-state index contributed by atoms with van der Waals surface area (Å²) in [6.45, 7) is 1.88. The van der Waals surface area contributed by atoms with Gasteiger partial charge < -0.3 is 19.4 Å². The van der Waals surface area contributed by atoms with Gasteiger partial charge in [-0.15, -0.1) is 11.3 Å². The zero-order valence-corrected chi connectivity index (χ0v) is 18.6. The highest BCUT2D eigenvalue weighted by Gasteiger charge is 2.46. The zero-order valence-electron chi connectivity index (χ0n) is 17.8. The highest BCUT2D eigenvalue weighted by atomic mass is 32.1. The SMILES string of the molecule is Cc1nc(N(C)C)sc1[C@@H]1c2c(c3ccccc3oc2=O)O[C@H]1C(=O)Nc1ccccc1. The van der Waals surface area contributed by atoms with E-state index in [1.807, 2.05) is 56.3 Å². The highest BCUT2D eigenvalue weighted by Crippen LogP contribution is 2.47. The minimum atomic E-state index is -0.937. The third-order valence-electron chi connectivity index (χ3n) is 5.44. The topological polar surface area (TPSA) is 84.7 Å². The Balaban J connectivity index is 1.67. The van der Waals surface area contributed by atoms with Gasteiger partial charge in [-0.05, 0) is 31.2 Å². The van der Waals surface area contributed by atoms with Crippen LogP contribution in [0.3, 0.4) is 0 Å². The van der Waals surface area contributed by atoms with E-state index < -0.39 is 17.6 Å². The number of aryl methyl sites for hydroxylation is 1. The molecule has 2 aromatic carbocycles. The second-order valence-corrected chi connectivity index (χ2v) is 8.85. The van der Waals surface area contributed by atoms with E-state index in [0.29, 0.717) is 28.0 Å². The first-order valence-corrected chi connectivity index (χ1v) is 11.0. The second kappa shape index (κ2) is 7.80. The van der Waals surface area contributed by atoms with Gasteiger partial charge in [-0.25, -0.2) is 9.78 Å². The second-order valence-electron chi connectivity index (χ2n) is 7.84. The molecule has 3 heterocycles. The molecular formula is C24H21N3O4S. The molecule has 8 heteroatoms. The smallest absolute Gasteiger partial charge is 0.344 e. The molecule has 32 heavy (non-hydrogen) atoms. The predicted molar refractivity (Wildman–Crippen MR) is 125 cm³/mol. The maximum absolute atomic E-state index is 13.4. The van der Waals surface area contributed by atoms with Gasteiger partial charge in [-0.3, -0.25) is 4.79 Å². The Kier molecular flexibility index (Phi) is 4.94. The molecule has 0 fully saturated rings. The summed E-state index contributed by atoms with van der Waals surface area (Å²) in [5, 5.41) is 4.37. The van der Waals surface area contributed by atoms with Crippen molar-refractivity contribution in [3.8, 4) is 5.75 Å². The van der Waals surface area contributed by atoms with Crippen LogP contribution in [0.1, 0.15) is 22.1 Å². The number of para-hydroxylation sites is 2. The predicted octanol–water partition coefficient (Wildman–Crippen LogP) is 4.16. The fourth-order valence-electron chi connectivity index (χ4n) is 3.96. The maximum atomic E-state index is 13.4. The van der Waals surface area contributed by atoms with E-state index in [4.69, 9.17) is 9.15 Å². The van der Waals surface area contributed by atoms with E-state index in [1.54, 1.807) is 24.3 Å². The van der Waals surface area contributed by atoms with E-state index in [2.05, 4.69) is 10.3 Å². The van der Waals surface area contributed by atoms with Gasteiger partial charge in [0.05, 0.1) is 22.6 Å². The number of ether oxygens (including phenoxy) is 1. The van der Waals surface area contributed by atoms with Crippen LogP contribution in [0.4, 0.5) is 10.8 Å². The van der Waals surface area contributed by atoms with Crippen LogP contribution in [0, 0.1) is 6.92 Å². The minimum Gasteiger partial charge on any atom is -0.478 e. The maximum Gasteiger partial charge on any atom is 0.344 e. The molecular weight excluding hydrogens is 426 g/mol. The van der Waals surface area contributed by atoms with Crippen molar-refractivity contribution in [3.63, 3.8) is 0 Å². The Labute approximate surface area is 188 Å². The average Bonchev–Trinajstić information content (AvgIpc) is 3.36. The van der Waals surface area contributed by atoms with E-state index in [1.165, 1.54) is 11.3 Å². The number of nitrogens with one attached hydrogen (secondary N) is 1. The van der Waals surface area contributed by atoms with Crippen LogP contribution in [0.25, 0.3) is 11.0 Å². The van der Waals surface area contributed by atoms with Gasteiger partial charge in [0.25, 0.3) is 5.91 Å². The summed E-state index contributed by atoms with van der Waals surface area (Å²) in [4.78, 5) is 33.8. The lowest BCUT2D eigenvalue weighted by molar-refractivity contribution is -0.122. The molecule has 0 radical (unpaired) electrons. The normalized spacial score (nSPS) is 17.1. The Hall–Kier alpha value is -3.65. The Morgan fingerprint density at radius 1 is 1.09 bits per heavy atom. The molecule has 1 amide bonds. The Morgan fingerprint density at radius 2 is 1.81 bits per heavy atom. The number of aromatic nitrogens is 1. The number of hydrogen-bond donors (Lipinski definition) is 1. The van der Waals surface area contributed by atoms with Crippen molar-refractivity contribution in [2.75, 3.05) is 24.3 Å². The molecule has 0 saturated carbocycles. The van der Waals surface area contributed by atoms with Crippen molar-refractivity contribution in [2.24, 2.45) is 0 Å². The quantitative estimate of drug-likeness (QED) is 0.473. The van der Waals surface area contributed by atoms with Crippen molar-refractivity contribution in [3.05, 3.63) is 81.2 Å². The third kappa shape index (κ3) is 3.33. The van der Waals surface area contributed by atoms with Crippen molar-refractivity contribution < 1.29 is 13.9 Å². The fraction of sp³-hybridized carbons (Fsp3) is 0.208. The Bertz CT molecular complexity index is 1380. The van der Waals surface area contributed by atoms with E-state index >= 15 is 0 Å². The molecule has 1 aliphatic heterocycles. The van der Waals surface area contributed by atoms with Crippen molar-refractivity contribution in [2.45, 2.75) is 18.9 Å². The summed E-state index contributed by atoms with van der Waals surface area (Å²) in [6.07, 6.45) is -0.937. The van der Waals surface area contributed by atoms with E-state index in [0.717, 1.165) is 15.7 Å². The molecule has 0 unspecified atom stereocenters. The van der Waals surface area contributed by atoms with Crippen LogP contribution in [-0.2, 0) is 4.79 Å². The number of carbonyl (C=O) groups is 1. The van der Waals surface area contributed by atoms with Gasteiger partial charge >= 0.3 is 5.63 Å². The highest BCUT2D eigenvalue weighted by molar-refractivity contribution is 7.15. The number of thiazole rings is 1. The van der Waals surface area contributed by atoms with Crippen molar-refractivity contribution in [1.82, 2.24) is 4.98 Å². The standard InChI is InChI=1S/C24H21N3O4S/c1-13-21(32-24(25-13)27(2)3)17-18-19(15-11-7-8-12-16(15)30-23(18)29)31-20(17)22(28)26-14-9-5-4-6-10-14/h4-12,17,20H,1-3H3,(H,26,28)/t17-,20-/m1/s1. The lowest BCUT2D eigenvalue weighted by Gasteiger charge is -2.18. The first-order chi connectivity index (χ1) is 15.4. The molecule has 162 valence electrons. The molecule has 2 aromatic heterocycles. The molecule has 0 spiro atoms. The number of rotatable bonds is 4. The van der Waals surface area contributed by atoms with Crippen LogP contribution in [0.15, 0.2) is 63.8 Å². The van der Waals surface area contributed by atoms with Gasteiger partial charge in [0.1, 0.15) is 11.3 Å². The number of anilines is 2. The summed E-state index contributed by atoms with van der Waals surface area (Å²) in [6, 6.07) is 16.4. The number of hydrogen-bond acceptors (Lipinski definition) is 7. The van der Waals surface area contributed by atoms with Crippen LogP contribution >= 0.6 is 11.3 Å². The first-order valence-electron chi connectivity index (χ1n) is 10.2. The molecule has 1 aliphatic rings. The largest absolute Gasteiger partial charge is 0.478 e. The molecule has 1 N–H and O–H groups in total. The number of amides is 1. The summed E-state index contributed by atoms with van der Waals surface area (Å²) in [5.74, 6) is -0.560. The molecule has 7 nitrogen and oxygen atoms in total. The van der Waals surface area contributed by atoms with Gasteiger partial charge in [0.2, 0.25) is 0 Å². The first kappa shape index (κ1) is 20.3. The molecule has 0 bridgehead atoms.